The van der Waals surface area contributed by atoms with Gasteiger partial charge >= 0.3 is 0 Å². The topological polar surface area (TPSA) is 0 Å². The molecule has 0 aliphatic heterocycles. The van der Waals surface area contributed by atoms with Crippen LogP contribution in [-0.2, 0) is 6.42 Å². The molecule has 0 atom stereocenters. The lowest BCUT2D eigenvalue weighted by atomic mass is 10.0. The molecule has 0 saturated heterocycles. The summed E-state index contributed by atoms with van der Waals surface area (Å²) >= 11 is 3.44. The van der Waals surface area contributed by atoms with Gasteiger partial charge in [0.05, 0.1) is 4.88 Å². The number of aryl methyl sites for hydroxylation is 1. The predicted molar refractivity (Wildman–Crippen MR) is 124 cm³/mol. The molecule has 0 nitrogen and oxygen atoms in total. The maximum absolute atomic E-state index is 3.38. The highest BCUT2D eigenvalue weighted by Crippen LogP contribution is 2.30. The smallest absolute Gasteiger partial charge is 0.0850 e. The van der Waals surface area contributed by atoms with E-state index in [1.54, 1.807) is 22.7 Å². The standard InChI is InChI=1S/C26H22S2/c1-2-3-4-20-5-7-21(8-6-20)9-14-26-25(16-18-28-26)23-12-10-22(11-13-23)24-15-17-27-19-24/h5-8,10-13,15-19H,2-4H2,1H3. The Morgan fingerprint density at radius 3 is 2.25 bits per heavy atom. The van der Waals surface area contributed by atoms with E-state index in [-0.39, 0.29) is 0 Å². The summed E-state index contributed by atoms with van der Waals surface area (Å²) in [5, 5.41) is 6.43. The Morgan fingerprint density at radius 1 is 0.750 bits per heavy atom. The first kappa shape index (κ1) is 18.7. The fourth-order valence-corrected chi connectivity index (χ4v) is 4.60. The van der Waals surface area contributed by atoms with Crippen molar-refractivity contribution >= 4 is 22.7 Å². The molecular weight excluding hydrogens is 376 g/mol. The lowest BCUT2D eigenvalue weighted by Gasteiger charge is -2.02. The van der Waals surface area contributed by atoms with Crippen LogP contribution in [0.15, 0.2) is 76.8 Å². The van der Waals surface area contributed by atoms with Crippen LogP contribution in [-0.4, -0.2) is 0 Å². The van der Waals surface area contributed by atoms with Gasteiger partial charge in [0.15, 0.2) is 0 Å². The summed E-state index contributed by atoms with van der Waals surface area (Å²) in [4.78, 5) is 1.12. The SMILES string of the molecule is CCCCc1ccc(C#Cc2sccc2-c2ccc(-c3ccsc3)cc2)cc1. The number of benzene rings is 2. The van der Waals surface area contributed by atoms with Crippen molar-refractivity contribution in [1.82, 2.24) is 0 Å². The monoisotopic (exact) mass is 398 g/mol. The molecule has 0 radical (unpaired) electrons. The average Bonchev–Trinajstić information content (AvgIpc) is 3.44. The molecule has 0 saturated carbocycles. The van der Waals surface area contributed by atoms with Crippen molar-refractivity contribution in [3.63, 3.8) is 0 Å². The normalized spacial score (nSPS) is 10.5. The summed E-state index contributed by atoms with van der Waals surface area (Å²) in [6, 6.07) is 21.8. The molecule has 0 bridgehead atoms. The van der Waals surface area contributed by atoms with E-state index in [0.29, 0.717) is 0 Å². The molecule has 28 heavy (non-hydrogen) atoms. The van der Waals surface area contributed by atoms with Crippen LogP contribution in [0.25, 0.3) is 22.3 Å². The van der Waals surface area contributed by atoms with E-state index in [1.807, 2.05) is 0 Å². The number of unbranched alkanes of at least 4 members (excludes halogenated alkanes) is 1. The zero-order valence-corrected chi connectivity index (χ0v) is 17.6. The summed E-state index contributed by atoms with van der Waals surface area (Å²) in [7, 11) is 0. The fourth-order valence-electron chi connectivity index (χ4n) is 3.17. The first-order valence-corrected chi connectivity index (χ1v) is 11.5. The summed E-state index contributed by atoms with van der Waals surface area (Å²) in [5.74, 6) is 6.72. The quantitative estimate of drug-likeness (QED) is 0.300. The van der Waals surface area contributed by atoms with Crippen molar-refractivity contribution in [2.45, 2.75) is 26.2 Å². The maximum Gasteiger partial charge on any atom is 0.0850 e. The number of rotatable bonds is 5. The molecule has 0 aliphatic rings. The Morgan fingerprint density at radius 2 is 1.54 bits per heavy atom. The van der Waals surface area contributed by atoms with Crippen molar-refractivity contribution in [3.05, 3.63) is 92.8 Å². The highest BCUT2D eigenvalue weighted by Gasteiger charge is 2.06. The predicted octanol–water partition coefficient (Wildman–Crippen LogP) is 7.89. The number of hydrogen-bond donors (Lipinski definition) is 0. The molecule has 0 unspecified atom stereocenters. The molecule has 0 spiro atoms. The van der Waals surface area contributed by atoms with Crippen LogP contribution in [0.4, 0.5) is 0 Å². The van der Waals surface area contributed by atoms with Crippen LogP contribution >= 0.6 is 22.7 Å². The Bertz CT molecular complexity index is 1070. The Balaban J connectivity index is 1.53. The van der Waals surface area contributed by atoms with Crippen molar-refractivity contribution in [3.8, 4) is 34.1 Å². The molecule has 0 N–H and O–H groups in total. The van der Waals surface area contributed by atoms with Crippen LogP contribution in [0.5, 0.6) is 0 Å². The first-order chi connectivity index (χ1) is 13.8. The van der Waals surface area contributed by atoms with Gasteiger partial charge in [-0.2, -0.15) is 11.3 Å². The molecule has 2 aromatic heterocycles. The van der Waals surface area contributed by atoms with E-state index >= 15 is 0 Å². The molecule has 2 heterocycles. The Hall–Kier alpha value is -2.60. The third-order valence-corrected chi connectivity index (χ3v) is 6.32. The van der Waals surface area contributed by atoms with Crippen LogP contribution < -0.4 is 0 Å². The lowest BCUT2D eigenvalue weighted by Crippen LogP contribution is -1.84. The molecule has 0 fully saturated rings. The van der Waals surface area contributed by atoms with E-state index in [0.717, 1.165) is 16.9 Å². The van der Waals surface area contributed by atoms with E-state index in [4.69, 9.17) is 0 Å². The third kappa shape index (κ3) is 4.44. The van der Waals surface area contributed by atoms with Gasteiger partial charge < -0.3 is 0 Å². The van der Waals surface area contributed by atoms with E-state index < -0.39 is 0 Å². The molecule has 0 aliphatic carbocycles. The Labute approximate surface area is 175 Å². The van der Waals surface area contributed by atoms with Gasteiger partial charge in [-0.1, -0.05) is 61.6 Å². The van der Waals surface area contributed by atoms with Crippen molar-refractivity contribution in [2.75, 3.05) is 0 Å². The minimum absolute atomic E-state index is 1.08. The van der Waals surface area contributed by atoms with Gasteiger partial charge in [-0.15, -0.1) is 11.3 Å². The summed E-state index contributed by atoms with van der Waals surface area (Å²) in [5.41, 5.74) is 7.45. The molecule has 2 aromatic carbocycles. The highest BCUT2D eigenvalue weighted by molar-refractivity contribution is 7.11. The average molecular weight is 399 g/mol. The van der Waals surface area contributed by atoms with Gasteiger partial charge in [-0.3, -0.25) is 0 Å². The van der Waals surface area contributed by atoms with Crippen LogP contribution in [0, 0.1) is 11.8 Å². The second-order valence-electron chi connectivity index (χ2n) is 6.80. The minimum atomic E-state index is 1.08. The lowest BCUT2D eigenvalue weighted by molar-refractivity contribution is 0.795. The highest BCUT2D eigenvalue weighted by atomic mass is 32.1. The third-order valence-electron chi connectivity index (χ3n) is 4.81. The molecule has 2 heteroatoms. The fraction of sp³-hybridized carbons (Fsp3) is 0.154. The van der Waals surface area contributed by atoms with Crippen LogP contribution in [0.2, 0.25) is 0 Å². The zero-order valence-electron chi connectivity index (χ0n) is 15.9. The second-order valence-corrected chi connectivity index (χ2v) is 8.50. The zero-order chi connectivity index (χ0) is 19.2. The van der Waals surface area contributed by atoms with Crippen LogP contribution in [0.3, 0.4) is 0 Å². The van der Waals surface area contributed by atoms with Crippen molar-refractivity contribution in [2.24, 2.45) is 0 Å². The summed E-state index contributed by atoms with van der Waals surface area (Å²) in [6.07, 6.45) is 3.63. The Kier molecular flexibility index (Phi) is 6.07. The minimum Gasteiger partial charge on any atom is -0.152 e. The van der Waals surface area contributed by atoms with E-state index in [1.165, 1.54) is 40.7 Å². The van der Waals surface area contributed by atoms with Crippen molar-refractivity contribution in [1.29, 1.82) is 0 Å². The summed E-state index contributed by atoms with van der Waals surface area (Å²) in [6.45, 7) is 2.23. The largest absolute Gasteiger partial charge is 0.152 e. The van der Waals surface area contributed by atoms with Gasteiger partial charge in [0.2, 0.25) is 0 Å². The van der Waals surface area contributed by atoms with Crippen molar-refractivity contribution < 1.29 is 0 Å². The molecule has 4 aromatic rings. The van der Waals surface area contributed by atoms with Gasteiger partial charge in [-0.05, 0) is 75.5 Å². The van der Waals surface area contributed by atoms with E-state index in [9.17, 15) is 0 Å². The second kappa shape index (κ2) is 9.06. The number of thiophene rings is 2. The van der Waals surface area contributed by atoms with E-state index in [2.05, 4.69) is 95.6 Å². The molecule has 138 valence electrons. The molecule has 0 amide bonds. The first-order valence-electron chi connectivity index (χ1n) is 9.65. The van der Waals surface area contributed by atoms with Gasteiger partial charge in [0.25, 0.3) is 0 Å². The summed E-state index contributed by atoms with van der Waals surface area (Å²) < 4.78 is 0. The maximum atomic E-state index is 3.38. The molecular formula is C26H22S2. The van der Waals surface area contributed by atoms with Gasteiger partial charge in [-0.25, -0.2) is 0 Å². The van der Waals surface area contributed by atoms with Gasteiger partial charge in [0, 0.05) is 11.1 Å². The van der Waals surface area contributed by atoms with Crippen LogP contribution in [0.1, 0.15) is 35.8 Å². The molecule has 4 rings (SSSR count). The van der Waals surface area contributed by atoms with Gasteiger partial charge in [0.1, 0.15) is 0 Å². The number of hydrogen-bond acceptors (Lipinski definition) is 2.